The minimum Gasteiger partial charge on any atom is -0.308 e. The molecule has 76 valence electrons. The predicted molar refractivity (Wildman–Crippen MR) is 53.1 cm³/mol. The van der Waals surface area contributed by atoms with Crippen molar-refractivity contribution in [2.24, 2.45) is 0 Å². The third-order valence-corrected chi connectivity index (χ3v) is 1.77. The summed E-state index contributed by atoms with van der Waals surface area (Å²) in [5, 5.41) is 3.26. The van der Waals surface area contributed by atoms with Crippen LogP contribution < -0.4 is 5.32 Å². The molecule has 1 aromatic carbocycles. The van der Waals surface area contributed by atoms with Gasteiger partial charge >= 0.3 is 0 Å². The monoisotopic (exact) mass is 217 g/mol. The molecule has 0 aliphatic carbocycles. The Balaban J connectivity index is 2.57. The van der Waals surface area contributed by atoms with Gasteiger partial charge in [-0.3, -0.25) is 0 Å². The van der Waals surface area contributed by atoms with E-state index in [4.69, 9.17) is 11.6 Å². The van der Waals surface area contributed by atoms with Crippen LogP contribution in [0.5, 0.6) is 0 Å². The number of hydrogen-bond donors (Lipinski definition) is 1. The highest BCUT2D eigenvalue weighted by molar-refractivity contribution is 6.29. The second kappa shape index (κ2) is 5.08. The molecule has 0 aliphatic rings. The first-order valence-electron chi connectivity index (χ1n) is 4.07. The molecule has 0 aromatic heterocycles. The molecule has 1 nitrogen and oxygen atoms in total. The van der Waals surface area contributed by atoms with E-state index in [2.05, 4.69) is 11.9 Å². The molecule has 0 bridgehead atoms. The molecule has 1 aromatic rings. The molecular formula is C10H10ClF2N. The Morgan fingerprint density at radius 1 is 1.43 bits per heavy atom. The van der Waals surface area contributed by atoms with Gasteiger partial charge in [0, 0.05) is 23.7 Å². The first-order chi connectivity index (χ1) is 6.59. The second-order valence-corrected chi connectivity index (χ2v) is 3.39. The maximum Gasteiger partial charge on any atom is 0.127 e. The van der Waals surface area contributed by atoms with E-state index in [0.29, 0.717) is 11.6 Å². The van der Waals surface area contributed by atoms with Gasteiger partial charge in [-0.2, -0.15) is 0 Å². The van der Waals surface area contributed by atoms with Gasteiger partial charge in [-0.05, 0) is 18.2 Å². The van der Waals surface area contributed by atoms with Crippen LogP contribution in [-0.4, -0.2) is 6.54 Å². The molecule has 0 saturated carbocycles. The van der Waals surface area contributed by atoms with Crippen LogP contribution in [-0.2, 0) is 6.54 Å². The van der Waals surface area contributed by atoms with Crippen molar-refractivity contribution in [1.82, 2.24) is 5.32 Å². The summed E-state index contributed by atoms with van der Waals surface area (Å²) in [6, 6.07) is 3.33. The topological polar surface area (TPSA) is 12.0 Å². The quantitative estimate of drug-likeness (QED) is 0.818. The molecule has 4 heteroatoms. The molecule has 0 amide bonds. The van der Waals surface area contributed by atoms with Gasteiger partial charge in [0.15, 0.2) is 0 Å². The smallest absolute Gasteiger partial charge is 0.127 e. The van der Waals surface area contributed by atoms with Crippen LogP contribution in [0, 0.1) is 11.6 Å². The zero-order valence-corrected chi connectivity index (χ0v) is 8.24. The van der Waals surface area contributed by atoms with Crippen LogP contribution in [0.3, 0.4) is 0 Å². The van der Waals surface area contributed by atoms with Gasteiger partial charge in [-0.25, -0.2) is 8.78 Å². The summed E-state index contributed by atoms with van der Waals surface area (Å²) >= 11 is 5.49. The van der Waals surface area contributed by atoms with Gasteiger partial charge in [0.2, 0.25) is 0 Å². The molecule has 0 radical (unpaired) electrons. The fraction of sp³-hybridized carbons (Fsp3) is 0.200. The Labute approximate surface area is 86.4 Å². The number of nitrogens with one attached hydrogen (secondary N) is 1. The molecular weight excluding hydrogens is 208 g/mol. The minimum atomic E-state index is -0.451. The van der Waals surface area contributed by atoms with E-state index in [9.17, 15) is 8.78 Å². The average Bonchev–Trinajstić information content (AvgIpc) is 2.10. The Kier molecular flexibility index (Phi) is 4.04. The van der Waals surface area contributed by atoms with Crippen molar-refractivity contribution < 1.29 is 8.78 Å². The lowest BCUT2D eigenvalue weighted by atomic mass is 10.2. The highest BCUT2D eigenvalue weighted by Gasteiger charge is 2.02. The molecule has 0 saturated heterocycles. The van der Waals surface area contributed by atoms with Crippen molar-refractivity contribution in [3.63, 3.8) is 0 Å². The molecule has 1 rings (SSSR count). The SMILES string of the molecule is C=C(Cl)CNCc1cc(F)ccc1F. The third kappa shape index (κ3) is 3.44. The lowest BCUT2D eigenvalue weighted by Gasteiger charge is -2.04. The van der Waals surface area contributed by atoms with Crippen molar-refractivity contribution >= 4 is 11.6 Å². The van der Waals surface area contributed by atoms with Crippen LogP contribution in [0.2, 0.25) is 0 Å². The first-order valence-corrected chi connectivity index (χ1v) is 4.45. The van der Waals surface area contributed by atoms with Gasteiger partial charge in [-0.1, -0.05) is 18.2 Å². The minimum absolute atomic E-state index is 0.231. The summed E-state index contributed by atoms with van der Waals surface area (Å²) in [7, 11) is 0. The van der Waals surface area contributed by atoms with Crippen LogP contribution in [0.1, 0.15) is 5.56 Å². The van der Waals surface area contributed by atoms with Crippen molar-refractivity contribution in [3.05, 3.63) is 47.0 Å². The number of hydrogen-bond acceptors (Lipinski definition) is 1. The summed E-state index contributed by atoms with van der Waals surface area (Å²) in [5.41, 5.74) is 0.280. The first kappa shape index (κ1) is 11.1. The average molecular weight is 218 g/mol. The molecule has 0 fully saturated rings. The van der Waals surface area contributed by atoms with E-state index >= 15 is 0 Å². The maximum atomic E-state index is 13.0. The molecule has 0 atom stereocenters. The van der Waals surface area contributed by atoms with E-state index < -0.39 is 11.6 Å². The zero-order chi connectivity index (χ0) is 10.6. The van der Waals surface area contributed by atoms with Crippen LogP contribution >= 0.6 is 11.6 Å². The normalized spacial score (nSPS) is 10.2. The molecule has 1 N–H and O–H groups in total. The molecule has 14 heavy (non-hydrogen) atoms. The molecule has 0 aliphatic heterocycles. The number of rotatable bonds is 4. The van der Waals surface area contributed by atoms with Gasteiger partial charge in [0.1, 0.15) is 11.6 Å². The Morgan fingerprint density at radius 3 is 2.79 bits per heavy atom. The summed E-state index contributed by atoms with van der Waals surface area (Å²) in [4.78, 5) is 0. The van der Waals surface area contributed by atoms with Gasteiger partial charge < -0.3 is 5.32 Å². The van der Waals surface area contributed by atoms with Gasteiger partial charge in [0.25, 0.3) is 0 Å². The summed E-state index contributed by atoms with van der Waals surface area (Å²) < 4.78 is 25.7. The predicted octanol–water partition coefficient (Wildman–Crippen LogP) is 2.81. The van der Waals surface area contributed by atoms with Crippen molar-refractivity contribution in [1.29, 1.82) is 0 Å². The molecule has 0 unspecified atom stereocenters. The Hall–Kier alpha value is -0.930. The Morgan fingerprint density at radius 2 is 2.14 bits per heavy atom. The fourth-order valence-electron chi connectivity index (χ4n) is 1.01. The van der Waals surface area contributed by atoms with E-state index in [-0.39, 0.29) is 12.1 Å². The maximum absolute atomic E-state index is 13.0. The highest BCUT2D eigenvalue weighted by atomic mass is 35.5. The van der Waals surface area contributed by atoms with Crippen LogP contribution in [0.15, 0.2) is 29.8 Å². The number of halogens is 3. The van der Waals surface area contributed by atoms with E-state index in [1.54, 1.807) is 0 Å². The standard InChI is InChI=1S/C10H10ClF2N/c1-7(11)5-14-6-8-4-9(12)2-3-10(8)13/h2-4,14H,1,5-6H2. The molecule has 0 spiro atoms. The lowest BCUT2D eigenvalue weighted by Crippen LogP contribution is -2.15. The lowest BCUT2D eigenvalue weighted by molar-refractivity contribution is 0.574. The largest absolute Gasteiger partial charge is 0.308 e. The van der Waals surface area contributed by atoms with E-state index in [0.717, 1.165) is 18.2 Å². The summed E-state index contributed by atoms with van der Waals surface area (Å²) in [6.45, 7) is 4.07. The van der Waals surface area contributed by atoms with Crippen LogP contribution in [0.25, 0.3) is 0 Å². The van der Waals surface area contributed by atoms with Crippen molar-refractivity contribution in [2.75, 3.05) is 6.54 Å². The summed E-state index contributed by atoms with van der Waals surface area (Å²) in [6.07, 6.45) is 0. The number of benzene rings is 1. The van der Waals surface area contributed by atoms with Gasteiger partial charge in [0.05, 0.1) is 0 Å². The van der Waals surface area contributed by atoms with Crippen molar-refractivity contribution in [2.45, 2.75) is 6.54 Å². The van der Waals surface area contributed by atoms with Gasteiger partial charge in [-0.15, -0.1) is 0 Å². The summed E-state index contributed by atoms with van der Waals surface area (Å²) in [5.74, 6) is -0.882. The van der Waals surface area contributed by atoms with E-state index in [1.807, 2.05) is 0 Å². The van der Waals surface area contributed by atoms with E-state index in [1.165, 1.54) is 0 Å². The van der Waals surface area contributed by atoms with Crippen molar-refractivity contribution in [3.8, 4) is 0 Å². The zero-order valence-electron chi connectivity index (χ0n) is 7.49. The Bertz CT molecular complexity index is 339. The second-order valence-electron chi connectivity index (χ2n) is 2.86. The third-order valence-electron chi connectivity index (χ3n) is 1.64. The molecule has 0 heterocycles. The fourth-order valence-corrected chi connectivity index (χ4v) is 1.11. The highest BCUT2D eigenvalue weighted by Crippen LogP contribution is 2.09. The van der Waals surface area contributed by atoms with Crippen LogP contribution in [0.4, 0.5) is 8.78 Å².